The first-order chi connectivity index (χ1) is 15.7. The third kappa shape index (κ3) is 4.80. The van der Waals surface area contributed by atoms with Crippen LogP contribution in [0.3, 0.4) is 0 Å². The lowest BCUT2D eigenvalue weighted by Gasteiger charge is -2.19. The van der Waals surface area contributed by atoms with E-state index >= 15 is 0 Å². The van der Waals surface area contributed by atoms with Crippen molar-refractivity contribution in [3.63, 3.8) is 0 Å². The average Bonchev–Trinajstić information content (AvgIpc) is 3.12. The molecule has 3 aromatic carbocycles. The van der Waals surface area contributed by atoms with Gasteiger partial charge in [-0.25, -0.2) is 4.79 Å². The molecule has 0 unspecified atom stereocenters. The summed E-state index contributed by atoms with van der Waals surface area (Å²) in [4.78, 5) is 25.4. The number of carbonyl (C=O) groups excluding carboxylic acids is 2. The summed E-state index contributed by atoms with van der Waals surface area (Å²) in [5, 5.41) is 0. The van der Waals surface area contributed by atoms with E-state index < -0.39 is 5.97 Å². The Kier molecular flexibility index (Phi) is 6.01. The fourth-order valence-electron chi connectivity index (χ4n) is 3.57. The van der Waals surface area contributed by atoms with Gasteiger partial charge >= 0.3 is 5.97 Å². The largest absolute Gasteiger partial charge is 0.452 e. The molecule has 0 saturated carbocycles. The van der Waals surface area contributed by atoms with E-state index in [-0.39, 0.29) is 17.0 Å². The highest BCUT2D eigenvalue weighted by Gasteiger charge is 2.30. The van der Waals surface area contributed by atoms with Crippen LogP contribution in [-0.2, 0) is 5.41 Å². The number of hydrogen-bond acceptors (Lipinski definition) is 4. The molecule has 0 saturated heterocycles. The van der Waals surface area contributed by atoms with Gasteiger partial charge in [-0.3, -0.25) is 4.79 Å². The Morgan fingerprint density at radius 1 is 0.939 bits per heavy atom. The predicted molar refractivity (Wildman–Crippen MR) is 130 cm³/mol. The number of esters is 1. The topological polar surface area (TPSA) is 52.6 Å². The number of ketones is 1. The summed E-state index contributed by atoms with van der Waals surface area (Å²) in [6, 6.07) is 20.5. The van der Waals surface area contributed by atoms with Crippen LogP contribution < -0.4 is 9.47 Å². The van der Waals surface area contributed by atoms with Gasteiger partial charge in [0, 0.05) is 5.56 Å². The summed E-state index contributed by atoms with van der Waals surface area (Å²) >= 11 is 0. The normalized spacial score (nSPS) is 14.4. The summed E-state index contributed by atoms with van der Waals surface area (Å²) in [7, 11) is 0. The minimum Gasteiger partial charge on any atom is -0.452 e. The molecule has 0 spiro atoms. The van der Waals surface area contributed by atoms with Crippen LogP contribution >= 0.6 is 0 Å². The van der Waals surface area contributed by atoms with Crippen LogP contribution in [0.4, 0.5) is 0 Å². The van der Waals surface area contributed by atoms with E-state index in [0.717, 1.165) is 11.1 Å². The number of carbonyl (C=O) groups is 2. The number of allylic oxidation sites excluding steroid dienone is 3. The van der Waals surface area contributed by atoms with Gasteiger partial charge in [0.2, 0.25) is 5.78 Å². The van der Waals surface area contributed by atoms with Crippen molar-refractivity contribution in [1.82, 2.24) is 0 Å². The first-order valence-electron chi connectivity index (χ1n) is 10.9. The number of benzene rings is 3. The van der Waals surface area contributed by atoms with Gasteiger partial charge in [0.25, 0.3) is 0 Å². The fourth-order valence-corrected chi connectivity index (χ4v) is 3.57. The lowest BCUT2D eigenvalue weighted by molar-refractivity contribution is 0.0733. The molecule has 1 aliphatic heterocycles. The predicted octanol–water partition coefficient (Wildman–Crippen LogP) is 6.68. The number of Topliss-reactive ketones (excluding diaryl/α,β-unsaturated/α-hetero) is 1. The Hall–Kier alpha value is -3.92. The number of rotatable bonds is 4. The second-order valence-electron chi connectivity index (χ2n) is 9.01. The quantitative estimate of drug-likeness (QED) is 0.259. The Labute approximate surface area is 194 Å². The molecule has 0 amide bonds. The molecular formula is C29H26O4. The Bertz CT molecular complexity index is 1260. The average molecular weight is 439 g/mol. The van der Waals surface area contributed by atoms with Gasteiger partial charge in [0.05, 0.1) is 11.1 Å². The Balaban J connectivity index is 1.51. The molecule has 0 aliphatic carbocycles. The van der Waals surface area contributed by atoms with Crippen LogP contribution in [0.1, 0.15) is 58.2 Å². The molecular weight excluding hydrogens is 412 g/mol. The molecule has 1 heterocycles. The van der Waals surface area contributed by atoms with Crippen LogP contribution in [0.5, 0.6) is 11.5 Å². The van der Waals surface area contributed by atoms with E-state index in [0.29, 0.717) is 28.2 Å². The first-order valence-corrected chi connectivity index (χ1v) is 10.9. The third-order valence-electron chi connectivity index (χ3n) is 5.56. The second kappa shape index (κ2) is 8.91. The Morgan fingerprint density at radius 2 is 1.64 bits per heavy atom. The molecule has 33 heavy (non-hydrogen) atoms. The summed E-state index contributed by atoms with van der Waals surface area (Å²) in [6.45, 7) is 8.14. The monoisotopic (exact) mass is 438 g/mol. The highest BCUT2D eigenvalue weighted by Crippen LogP contribution is 2.39. The molecule has 0 radical (unpaired) electrons. The lowest BCUT2D eigenvalue weighted by Crippen LogP contribution is -2.13. The van der Waals surface area contributed by atoms with Gasteiger partial charge in [0.15, 0.2) is 5.76 Å². The zero-order chi connectivity index (χ0) is 23.6. The van der Waals surface area contributed by atoms with Crippen molar-refractivity contribution in [2.45, 2.75) is 33.1 Å². The molecule has 0 atom stereocenters. The fraction of sp³-hybridized carbons (Fsp3) is 0.172. The van der Waals surface area contributed by atoms with Crippen molar-refractivity contribution in [2.75, 3.05) is 0 Å². The van der Waals surface area contributed by atoms with Crippen LogP contribution in [0.2, 0.25) is 0 Å². The number of ether oxygens (including phenoxy) is 2. The second-order valence-corrected chi connectivity index (χ2v) is 9.01. The molecule has 3 aromatic rings. The molecule has 4 nitrogen and oxygen atoms in total. The van der Waals surface area contributed by atoms with E-state index in [9.17, 15) is 9.59 Å². The van der Waals surface area contributed by atoms with Crippen molar-refractivity contribution in [3.8, 4) is 11.5 Å². The van der Waals surface area contributed by atoms with Crippen molar-refractivity contribution in [1.29, 1.82) is 0 Å². The van der Waals surface area contributed by atoms with E-state index in [1.54, 1.807) is 43.3 Å². The molecule has 4 rings (SSSR count). The molecule has 0 fully saturated rings. The van der Waals surface area contributed by atoms with Crippen molar-refractivity contribution >= 4 is 17.8 Å². The standard InChI is InChI=1S/C29H26O4/c1-19-24(33-28(31)21-13-15-22(16-14-21)29(2,3)4)18-17-23-26(30)25(32-27(19)23)12-8-11-20-9-6-5-7-10-20/h5-18H,1-4H3/b11-8+,25-12-. The van der Waals surface area contributed by atoms with E-state index in [2.05, 4.69) is 20.8 Å². The van der Waals surface area contributed by atoms with Crippen molar-refractivity contribution in [3.05, 3.63) is 112 Å². The molecule has 0 bridgehead atoms. The lowest BCUT2D eigenvalue weighted by atomic mass is 9.87. The molecule has 1 aliphatic rings. The molecule has 0 aromatic heterocycles. The zero-order valence-electron chi connectivity index (χ0n) is 19.2. The van der Waals surface area contributed by atoms with Crippen molar-refractivity contribution in [2.24, 2.45) is 0 Å². The van der Waals surface area contributed by atoms with E-state index in [4.69, 9.17) is 9.47 Å². The number of hydrogen-bond donors (Lipinski definition) is 0. The van der Waals surface area contributed by atoms with Gasteiger partial charge in [0.1, 0.15) is 11.5 Å². The van der Waals surface area contributed by atoms with E-state index in [1.807, 2.05) is 48.5 Å². The van der Waals surface area contributed by atoms with Gasteiger partial charge < -0.3 is 9.47 Å². The maximum Gasteiger partial charge on any atom is 0.343 e. The summed E-state index contributed by atoms with van der Waals surface area (Å²) < 4.78 is 11.5. The summed E-state index contributed by atoms with van der Waals surface area (Å²) in [6.07, 6.45) is 5.33. The minimum atomic E-state index is -0.454. The van der Waals surface area contributed by atoms with Gasteiger partial charge in [-0.05, 0) is 53.8 Å². The van der Waals surface area contributed by atoms with Crippen LogP contribution in [0.25, 0.3) is 6.08 Å². The minimum absolute atomic E-state index is 0.00436. The zero-order valence-corrected chi connectivity index (χ0v) is 19.2. The van der Waals surface area contributed by atoms with Crippen molar-refractivity contribution < 1.29 is 19.1 Å². The smallest absolute Gasteiger partial charge is 0.343 e. The van der Waals surface area contributed by atoms with Crippen LogP contribution in [0.15, 0.2) is 84.6 Å². The summed E-state index contributed by atoms with van der Waals surface area (Å²) in [5.74, 6) is 0.382. The van der Waals surface area contributed by atoms with Gasteiger partial charge in [-0.2, -0.15) is 0 Å². The van der Waals surface area contributed by atoms with Gasteiger partial charge in [-0.15, -0.1) is 0 Å². The van der Waals surface area contributed by atoms with E-state index in [1.165, 1.54) is 0 Å². The van der Waals surface area contributed by atoms with Crippen LogP contribution in [-0.4, -0.2) is 11.8 Å². The highest BCUT2D eigenvalue weighted by molar-refractivity contribution is 6.13. The number of fused-ring (bicyclic) bond motifs is 1. The highest BCUT2D eigenvalue weighted by atomic mass is 16.5. The maximum absolute atomic E-state index is 12.7. The molecule has 166 valence electrons. The maximum atomic E-state index is 12.7. The SMILES string of the molecule is Cc1c(OC(=O)c2ccc(C(C)(C)C)cc2)ccc2c1O/C(=C\C=C\c1ccccc1)C2=O. The van der Waals surface area contributed by atoms with Gasteiger partial charge in [-0.1, -0.05) is 75.4 Å². The third-order valence-corrected chi connectivity index (χ3v) is 5.56. The molecule has 0 N–H and O–H groups in total. The van der Waals surface area contributed by atoms with Crippen LogP contribution in [0, 0.1) is 6.92 Å². The Morgan fingerprint density at radius 3 is 2.30 bits per heavy atom. The summed E-state index contributed by atoms with van der Waals surface area (Å²) in [5.41, 5.74) is 3.70. The first kappa shape index (κ1) is 22.3. The molecule has 4 heteroatoms.